The van der Waals surface area contributed by atoms with Crippen LogP contribution >= 0.6 is 0 Å². The summed E-state index contributed by atoms with van der Waals surface area (Å²) in [5, 5.41) is 3.32. The molecular formula is C12H19NO. The molecule has 1 N–H and O–H groups in total. The van der Waals surface area contributed by atoms with E-state index in [2.05, 4.69) is 43.4 Å². The average Bonchev–Trinajstić information content (AvgIpc) is 2.19. The molecule has 0 unspecified atom stereocenters. The van der Waals surface area contributed by atoms with E-state index in [9.17, 15) is 0 Å². The zero-order valence-corrected chi connectivity index (χ0v) is 9.21. The summed E-state index contributed by atoms with van der Waals surface area (Å²) in [5.74, 6) is 0.583. The molecule has 0 amide bonds. The highest BCUT2D eigenvalue weighted by Crippen LogP contribution is 2.18. The van der Waals surface area contributed by atoms with Crippen molar-refractivity contribution in [1.29, 1.82) is 0 Å². The molecule has 0 aliphatic heterocycles. The van der Waals surface area contributed by atoms with Crippen LogP contribution in [0.1, 0.15) is 25.3 Å². The second-order valence-electron chi connectivity index (χ2n) is 3.70. The molecule has 0 radical (unpaired) electrons. The maximum atomic E-state index is 4.98. The zero-order valence-electron chi connectivity index (χ0n) is 9.21. The van der Waals surface area contributed by atoms with Crippen LogP contribution in [-0.2, 0) is 4.74 Å². The predicted octanol–water partition coefficient (Wildman–Crippen LogP) is 2.87. The fourth-order valence-electron chi connectivity index (χ4n) is 1.31. The van der Waals surface area contributed by atoms with Gasteiger partial charge in [-0.2, -0.15) is 0 Å². The topological polar surface area (TPSA) is 21.3 Å². The SMILES string of the molecule is COCCNc1cccc(C(C)C)c1. The van der Waals surface area contributed by atoms with Gasteiger partial charge in [-0.1, -0.05) is 26.0 Å². The molecule has 0 spiro atoms. The van der Waals surface area contributed by atoms with Gasteiger partial charge in [0.25, 0.3) is 0 Å². The minimum Gasteiger partial charge on any atom is -0.383 e. The van der Waals surface area contributed by atoms with Crippen molar-refractivity contribution in [3.8, 4) is 0 Å². The first kappa shape index (κ1) is 11.1. The Bertz CT molecular complexity index is 271. The zero-order chi connectivity index (χ0) is 10.4. The number of rotatable bonds is 5. The predicted molar refractivity (Wildman–Crippen MR) is 60.9 cm³/mol. The van der Waals surface area contributed by atoms with Gasteiger partial charge in [0.05, 0.1) is 6.61 Å². The highest BCUT2D eigenvalue weighted by atomic mass is 16.5. The van der Waals surface area contributed by atoms with Crippen LogP contribution in [-0.4, -0.2) is 20.3 Å². The summed E-state index contributed by atoms with van der Waals surface area (Å²) in [6.07, 6.45) is 0. The summed E-state index contributed by atoms with van der Waals surface area (Å²) in [5.41, 5.74) is 2.54. The lowest BCUT2D eigenvalue weighted by atomic mass is 10.0. The van der Waals surface area contributed by atoms with Crippen LogP contribution in [0.25, 0.3) is 0 Å². The molecule has 0 saturated carbocycles. The number of anilines is 1. The molecule has 2 heteroatoms. The van der Waals surface area contributed by atoms with E-state index >= 15 is 0 Å². The Kier molecular flexibility index (Phi) is 4.47. The molecule has 0 aromatic heterocycles. The summed E-state index contributed by atoms with van der Waals surface area (Å²) >= 11 is 0. The smallest absolute Gasteiger partial charge is 0.0635 e. The molecule has 14 heavy (non-hydrogen) atoms. The van der Waals surface area contributed by atoms with Crippen molar-refractivity contribution in [2.75, 3.05) is 25.6 Å². The van der Waals surface area contributed by atoms with E-state index in [0.717, 1.165) is 13.2 Å². The number of nitrogens with one attached hydrogen (secondary N) is 1. The Labute approximate surface area is 86.3 Å². The maximum absolute atomic E-state index is 4.98. The van der Waals surface area contributed by atoms with Gasteiger partial charge in [-0.15, -0.1) is 0 Å². The monoisotopic (exact) mass is 193 g/mol. The van der Waals surface area contributed by atoms with Crippen LogP contribution in [0.15, 0.2) is 24.3 Å². The normalized spacial score (nSPS) is 10.6. The average molecular weight is 193 g/mol. The number of methoxy groups -OCH3 is 1. The van der Waals surface area contributed by atoms with Gasteiger partial charge < -0.3 is 10.1 Å². The summed E-state index contributed by atoms with van der Waals surface area (Å²) in [7, 11) is 1.71. The molecule has 0 fully saturated rings. The Hall–Kier alpha value is -1.02. The van der Waals surface area contributed by atoms with Crippen LogP contribution in [0, 0.1) is 0 Å². The first-order valence-corrected chi connectivity index (χ1v) is 5.07. The van der Waals surface area contributed by atoms with Crippen molar-refractivity contribution in [2.45, 2.75) is 19.8 Å². The molecule has 0 bridgehead atoms. The van der Waals surface area contributed by atoms with E-state index in [1.54, 1.807) is 7.11 Å². The number of hydrogen-bond acceptors (Lipinski definition) is 2. The maximum Gasteiger partial charge on any atom is 0.0635 e. The Morgan fingerprint density at radius 2 is 2.14 bits per heavy atom. The largest absolute Gasteiger partial charge is 0.383 e. The molecule has 0 aliphatic carbocycles. The lowest BCUT2D eigenvalue weighted by molar-refractivity contribution is 0.211. The summed E-state index contributed by atoms with van der Waals surface area (Å²) < 4.78 is 4.98. The van der Waals surface area contributed by atoms with E-state index in [0.29, 0.717) is 5.92 Å². The van der Waals surface area contributed by atoms with E-state index in [-0.39, 0.29) is 0 Å². The Morgan fingerprint density at radius 3 is 2.79 bits per heavy atom. The lowest BCUT2D eigenvalue weighted by Gasteiger charge is -2.09. The standard InChI is InChI=1S/C12H19NO/c1-10(2)11-5-4-6-12(9-11)13-7-8-14-3/h4-6,9-10,13H,7-8H2,1-3H3. The third-order valence-corrected chi connectivity index (χ3v) is 2.19. The van der Waals surface area contributed by atoms with E-state index in [4.69, 9.17) is 4.74 Å². The summed E-state index contributed by atoms with van der Waals surface area (Å²) in [6, 6.07) is 8.53. The molecule has 1 aromatic carbocycles. The molecular weight excluding hydrogens is 174 g/mol. The molecule has 0 saturated heterocycles. The van der Waals surface area contributed by atoms with Gasteiger partial charge in [0.2, 0.25) is 0 Å². The highest BCUT2D eigenvalue weighted by Gasteiger charge is 1.99. The molecule has 2 nitrogen and oxygen atoms in total. The number of ether oxygens (including phenoxy) is 1. The third kappa shape index (κ3) is 3.38. The summed E-state index contributed by atoms with van der Waals surface area (Å²) in [6.45, 7) is 6.01. The van der Waals surface area contributed by atoms with Crippen LogP contribution in [0.5, 0.6) is 0 Å². The molecule has 1 rings (SSSR count). The summed E-state index contributed by atoms with van der Waals surface area (Å²) in [4.78, 5) is 0. The van der Waals surface area contributed by atoms with Crippen molar-refractivity contribution < 1.29 is 4.74 Å². The van der Waals surface area contributed by atoms with Crippen molar-refractivity contribution in [3.63, 3.8) is 0 Å². The third-order valence-electron chi connectivity index (χ3n) is 2.19. The van der Waals surface area contributed by atoms with Gasteiger partial charge in [-0.25, -0.2) is 0 Å². The van der Waals surface area contributed by atoms with Gasteiger partial charge in [0.1, 0.15) is 0 Å². The molecule has 0 heterocycles. The minimum atomic E-state index is 0.583. The first-order valence-electron chi connectivity index (χ1n) is 5.07. The quantitative estimate of drug-likeness (QED) is 0.726. The lowest BCUT2D eigenvalue weighted by Crippen LogP contribution is -2.07. The van der Waals surface area contributed by atoms with Crippen LogP contribution in [0.3, 0.4) is 0 Å². The first-order chi connectivity index (χ1) is 6.74. The van der Waals surface area contributed by atoms with Crippen LogP contribution in [0.2, 0.25) is 0 Å². The van der Waals surface area contributed by atoms with Crippen molar-refractivity contribution in [1.82, 2.24) is 0 Å². The molecule has 78 valence electrons. The van der Waals surface area contributed by atoms with Crippen molar-refractivity contribution in [3.05, 3.63) is 29.8 Å². The number of hydrogen-bond donors (Lipinski definition) is 1. The highest BCUT2D eigenvalue weighted by molar-refractivity contribution is 5.46. The molecule has 0 atom stereocenters. The van der Waals surface area contributed by atoms with E-state index < -0.39 is 0 Å². The van der Waals surface area contributed by atoms with E-state index in [1.807, 2.05) is 0 Å². The second kappa shape index (κ2) is 5.66. The number of benzene rings is 1. The Balaban J connectivity index is 2.55. The fourth-order valence-corrected chi connectivity index (χ4v) is 1.31. The van der Waals surface area contributed by atoms with Crippen LogP contribution in [0.4, 0.5) is 5.69 Å². The van der Waals surface area contributed by atoms with Crippen molar-refractivity contribution in [2.24, 2.45) is 0 Å². The van der Waals surface area contributed by atoms with Gasteiger partial charge in [0.15, 0.2) is 0 Å². The van der Waals surface area contributed by atoms with Crippen LogP contribution < -0.4 is 5.32 Å². The molecule has 0 aliphatic rings. The minimum absolute atomic E-state index is 0.583. The Morgan fingerprint density at radius 1 is 1.36 bits per heavy atom. The van der Waals surface area contributed by atoms with Gasteiger partial charge in [0, 0.05) is 19.3 Å². The van der Waals surface area contributed by atoms with Gasteiger partial charge >= 0.3 is 0 Å². The van der Waals surface area contributed by atoms with Crippen molar-refractivity contribution >= 4 is 5.69 Å². The fraction of sp³-hybridized carbons (Fsp3) is 0.500. The molecule has 1 aromatic rings. The second-order valence-corrected chi connectivity index (χ2v) is 3.70. The van der Waals surface area contributed by atoms with Gasteiger partial charge in [-0.05, 0) is 23.6 Å². The van der Waals surface area contributed by atoms with E-state index in [1.165, 1.54) is 11.3 Å². The van der Waals surface area contributed by atoms with Gasteiger partial charge in [-0.3, -0.25) is 0 Å².